The van der Waals surface area contributed by atoms with Gasteiger partial charge in [-0.15, -0.1) is 0 Å². The lowest BCUT2D eigenvalue weighted by molar-refractivity contribution is -0.152. The van der Waals surface area contributed by atoms with Crippen molar-refractivity contribution < 1.29 is 14.4 Å². The average Bonchev–Trinajstić information content (AvgIpc) is 1.82. The van der Waals surface area contributed by atoms with Crippen LogP contribution in [0.3, 0.4) is 0 Å². The number of primary amides is 1. The molecular formula is C5H10N2O3. The van der Waals surface area contributed by atoms with Crippen molar-refractivity contribution in [1.29, 1.82) is 0 Å². The average molecular weight is 146 g/mol. The molecule has 0 aromatic carbocycles. The number of rotatable bonds is 1. The van der Waals surface area contributed by atoms with Crippen LogP contribution in [0.25, 0.3) is 0 Å². The lowest BCUT2D eigenvalue weighted by Gasteiger charge is -2.03. The Balaban J connectivity index is 3.50. The largest absolute Gasteiger partial charge is 0.349 e. The third kappa shape index (κ3) is 3.71. The van der Waals surface area contributed by atoms with Gasteiger partial charge in [0.2, 0.25) is 0 Å². The Morgan fingerprint density at radius 1 is 1.50 bits per heavy atom. The molecule has 0 saturated heterocycles. The molecule has 0 fully saturated rings. The molecule has 5 heteroatoms. The maximum Gasteiger partial charge on any atom is 0.345 e. The number of hydroxylamine groups is 1. The van der Waals surface area contributed by atoms with Crippen molar-refractivity contribution in [2.24, 2.45) is 11.7 Å². The van der Waals surface area contributed by atoms with Gasteiger partial charge >= 0.3 is 12.0 Å². The van der Waals surface area contributed by atoms with Gasteiger partial charge in [0.05, 0.1) is 5.92 Å². The van der Waals surface area contributed by atoms with Crippen molar-refractivity contribution in [2.45, 2.75) is 13.8 Å². The molecule has 3 N–H and O–H groups in total. The highest BCUT2D eigenvalue weighted by atomic mass is 16.7. The van der Waals surface area contributed by atoms with E-state index in [1.807, 2.05) is 0 Å². The SMILES string of the molecule is CC(C)C(=O)ONC(N)=O. The highest BCUT2D eigenvalue weighted by Crippen LogP contribution is 1.92. The molecule has 0 bridgehead atoms. The topological polar surface area (TPSA) is 81.4 Å². The van der Waals surface area contributed by atoms with Crippen molar-refractivity contribution in [2.75, 3.05) is 0 Å². The summed E-state index contributed by atoms with van der Waals surface area (Å²) in [6, 6.07) is -0.881. The maximum atomic E-state index is 10.6. The minimum Gasteiger partial charge on any atom is -0.349 e. The molecule has 0 aliphatic heterocycles. The molecule has 58 valence electrons. The molecule has 10 heavy (non-hydrogen) atoms. The van der Waals surface area contributed by atoms with E-state index in [2.05, 4.69) is 10.6 Å². The fourth-order valence-corrected chi connectivity index (χ4v) is 0.218. The number of nitrogens with one attached hydrogen (secondary N) is 1. The summed E-state index contributed by atoms with van der Waals surface area (Å²) in [4.78, 5) is 24.7. The number of carbonyl (C=O) groups excluding carboxylic acids is 2. The van der Waals surface area contributed by atoms with Gasteiger partial charge in [-0.2, -0.15) is 5.48 Å². The minimum atomic E-state index is -0.881. The summed E-state index contributed by atoms with van der Waals surface area (Å²) in [5, 5.41) is 0. The predicted molar refractivity (Wildman–Crippen MR) is 33.6 cm³/mol. The van der Waals surface area contributed by atoms with Gasteiger partial charge in [-0.1, -0.05) is 13.8 Å². The molecule has 0 saturated carbocycles. The Morgan fingerprint density at radius 3 is 2.30 bits per heavy atom. The van der Waals surface area contributed by atoms with Crippen LogP contribution in [0.4, 0.5) is 4.79 Å². The molecular weight excluding hydrogens is 136 g/mol. The summed E-state index contributed by atoms with van der Waals surface area (Å²) in [7, 11) is 0. The zero-order chi connectivity index (χ0) is 8.15. The van der Waals surface area contributed by atoms with E-state index in [1.165, 1.54) is 0 Å². The van der Waals surface area contributed by atoms with E-state index in [9.17, 15) is 9.59 Å². The maximum absolute atomic E-state index is 10.6. The first kappa shape index (κ1) is 8.74. The van der Waals surface area contributed by atoms with Gasteiger partial charge in [0.15, 0.2) is 0 Å². The van der Waals surface area contributed by atoms with Crippen molar-refractivity contribution in [3.8, 4) is 0 Å². The van der Waals surface area contributed by atoms with Crippen LogP contribution in [-0.4, -0.2) is 12.0 Å². The molecule has 0 heterocycles. The lowest BCUT2D eigenvalue weighted by Crippen LogP contribution is -2.33. The Bertz CT molecular complexity index is 144. The monoisotopic (exact) mass is 146 g/mol. The number of amides is 2. The van der Waals surface area contributed by atoms with Crippen LogP contribution in [0.5, 0.6) is 0 Å². The first-order chi connectivity index (χ1) is 4.54. The number of carbonyl (C=O) groups is 2. The highest BCUT2D eigenvalue weighted by Gasteiger charge is 2.08. The van der Waals surface area contributed by atoms with Crippen LogP contribution in [0.2, 0.25) is 0 Å². The van der Waals surface area contributed by atoms with E-state index in [0.29, 0.717) is 0 Å². The van der Waals surface area contributed by atoms with Crippen LogP contribution in [0.15, 0.2) is 0 Å². The summed E-state index contributed by atoms with van der Waals surface area (Å²) >= 11 is 0. The van der Waals surface area contributed by atoms with Gasteiger partial charge < -0.3 is 10.6 Å². The Kier molecular flexibility index (Phi) is 3.24. The minimum absolute atomic E-state index is 0.271. The zero-order valence-electron chi connectivity index (χ0n) is 5.88. The second-order valence-corrected chi connectivity index (χ2v) is 2.04. The molecule has 0 aliphatic carbocycles. The van der Waals surface area contributed by atoms with Crippen LogP contribution < -0.4 is 11.2 Å². The van der Waals surface area contributed by atoms with Gasteiger partial charge in [-0.25, -0.2) is 9.59 Å². The smallest absolute Gasteiger partial charge is 0.345 e. The van der Waals surface area contributed by atoms with Crippen LogP contribution in [0, 0.1) is 5.92 Å². The van der Waals surface area contributed by atoms with Gasteiger partial charge in [0, 0.05) is 0 Å². The number of urea groups is 1. The molecule has 5 nitrogen and oxygen atoms in total. The first-order valence-electron chi connectivity index (χ1n) is 2.80. The number of hydrogen-bond acceptors (Lipinski definition) is 3. The van der Waals surface area contributed by atoms with Crippen molar-refractivity contribution in [3.05, 3.63) is 0 Å². The van der Waals surface area contributed by atoms with Crippen LogP contribution in [0.1, 0.15) is 13.8 Å². The fraction of sp³-hybridized carbons (Fsp3) is 0.600. The molecule has 2 amide bonds. The summed E-state index contributed by atoms with van der Waals surface area (Å²) in [6.45, 7) is 3.29. The van der Waals surface area contributed by atoms with Crippen LogP contribution in [-0.2, 0) is 9.63 Å². The van der Waals surface area contributed by atoms with E-state index < -0.39 is 12.0 Å². The molecule has 0 atom stereocenters. The highest BCUT2D eigenvalue weighted by molar-refractivity contribution is 5.76. The van der Waals surface area contributed by atoms with Crippen molar-refractivity contribution >= 4 is 12.0 Å². The van der Waals surface area contributed by atoms with E-state index in [0.717, 1.165) is 0 Å². The first-order valence-corrected chi connectivity index (χ1v) is 2.80. The van der Waals surface area contributed by atoms with E-state index in [4.69, 9.17) is 0 Å². The Hall–Kier alpha value is -1.26. The second kappa shape index (κ2) is 3.71. The summed E-state index contributed by atoms with van der Waals surface area (Å²) in [5.41, 5.74) is 6.33. The fourth-order valence-electron chi connectivity index (χ4n) is 0.218. The molecule has 0 rings (SSSR count). The molecule has 0 aliphatic rings. The third-order valence-corrected chi connectivity index (χ3v) is 0.724. The standard InChI is InChI=1S/C5H10N2O3/c1-3(2)4(8)10-7-5(6)9/h3H,1-2H3,(H3,6,7,9). The molecule has 0 radical (unpaired) electrons. The Morgan fingerprint density at radius 2 is 2.00 bits per heavy atom. The molecule has 0 spiro atoms. The predicted octanol–water partition coefficient (Wildman–Crippen LogP) is -0.231. The van der Waals surface area contributed by atoms with Gasteiger partial charge in [0.1, 0.15) is 0 Å². The van der Waals surface area contributed by atoms with E-state index in [1.54, 1.807) is 19.3 Å². The molecule has 0 aromatic rings. The quantitative estimate of drug-likeness (QED) is 0.501. The Labute approximate surface area is 58.5 Å². The normalized spacial score (nSPS) is 9.10. The molecule has 0 unspecified atom stereocenters. The summed E-state index contributed by atoms with van der Waals surface area (Å²) < 4.78 is 0. The second-order valence-electron chi connectivity index (χ2n) is 2.04. The summed E-state index contributed by atoms with van der Waals surface area (Å²) in [6.07, 6.45) is 0. The van der Waals surface area contributed by atoms with Crippen LogP contribution >= 0.6 is 0 Å². The van der Waals surface area contributed by atoms with E-state index in [-0.39, 0.29) is 5.92 Å². The van der Waals surface area contributed by atoms with E-state index >= 15 is 0 Å². The summed E-state index contributed by atoms with van der Waals surface area (Å²) in [5.74, 6) is -0.786. The number of nitrogens with two attached hydrogens (primary N) is 1. The van der Waals surface area contributed by atoms with Gasteiger partial charge in [0.25, 0.3) is 0 Å². The van der Waals surface area contributed by atoms with Gasteiger partial charge in [-0.05, 0) is 0 Å². The zero-order valence-corrected chi connectivity index (χ0v) is 5.88. The third-order valence-electron chi connectivity index (χ3n) is 0.724. The van der Waals surface area contributed by atoms with Gasteiger partial charge in [-0.3, -0.25) is 0 Å². The lowest BCUT2D eigenvalue weighted by atomic mass is 10.2. The van der Waals surface area contributed by atoms with Crippen molar-refractivity contribution in [1.82, 2.24) is 5.48 Å². The molecule has 0 aromatic heterocycles. The number of hydrogen-bond donors (Lipinski definition) is 2. The van der Waals surface area contributed by atoms with Crippen molar-refractivity contribution in [3.63, 3.8) is 0 Å².